The highest BCUT2D eigenvalue weighted by Crippen LogP contribution is 2.28. The van der Waals surface area contributed by atoms with E-state index >= 15 is 0 Å². The van der Waals surface area contributed by atoms with Crippen LogP contribution in [0.3, 0.4) is 0 Å². The lowest BCUT2D eigenvalue weighted by molar-refractivity contribution is -0.126. The summed E-state index contributed by atoms with van der Waals surface area (Å²) in [5.74, 6) is 0.805. The molecule has 0 atom stereocenters. The third kappa shape index (κ3) is 3.01. The molecule has 0 aliphatic heterocycles. The average molecular weight is 250 g/mol. The maximum atomic E-state index is 12.0. The average Bonchev–Trinajstić information content (AvgIpc) is 2.32. The zero-order chi connectivity index (χ0) is 13.8. The lowest BCUT2D eigenvalue weighted by atomic mass is 9.83. The molecule has 0 spiro atoms. The molecule has 0 aliphatic carbocycles. The van der Waals surface area contributed by atoms with Gasteiger partial charge in [0, 0.05) is 7.05 Å². The topological polar surface area (TPSA) is 50.4 Å². The normalized spacial score (nSPS) is 11.2. The number of carbonyl (C=O) groups excluding carboxylic acids is 1. The fraction of sp³-hybridized carbons (Fsp3) is 0.500. The molecule has 0 radical (unpaired) electrons. The Morgan fingerprint density at radius 3 is 2.56 bits per heavy atom. The Morgan fingerprint density at radius 1 is 1.39 bits per heavy atom. The van der Waals surface area contributed by atoms with Gasteiger partial charge in [0.05, 0.1) is 12.0 Å². The molecule has 0 aliphatic rings. The summed E-state index contributed by atoms with van der Waals surface area (Å²) in [5.41, 5.74) is 6.71. The van der Waals surface area contributed by atoms with E-state index in [-0.39, 0.29) is 5.91 Å². The predicted octanol–water partition coefficient (Wildman–Crippen LogP) is 1.92. The van der Waals surface area contributed by atoms with E-state index < -0.39 is 5.41 Å². The lowest BCUT2D eigenvalue weighted by Gasteiger charge is -2.24. The molecular weight excluding hydrogens is 228 g/mol. The maximum absolute atomic E-state index is 12.0. The van der Waals surface area contributed by atoms with Gasteiger partial charge in [-0.05, 0) is 44.9 Å². The second-order valence-corrected chi connectivity index (χ2v) is 4.74. The van der Waals surface area contributed by atoms with Gasteiger partial charge in [-0.1, -0.05) is 12.1 Å². The van der Waals surface area contributed by atoms with Crippen LogP contribution in [0.25, 0.3) is 0 Å². The number of hydrogen-bond acceptors (Lipinski definition) is 3. The molecule has 1 aromatic carbocycles. The summed E-state index contributed by atoms with van der Waals surface area (Å²) < 4.78 is 5.50. The van der Waals surface area contributed by atoms with Crippen molar-refractivity contribution in [2.24, 2.45) is 0 Å². The van der Waals surface area contributed by atoms with Crippen LogP contribution in [0.5, 0.6) is 5.75 Å². The van der Waals surface area contributed by atoms with Crippen molar-refractivity contribution < 1.29 is 9.53 Å². The SMILES string of the molecule is CCOc1ccc(C(C)(C)C(=O)NNC)cc1C. The highest BCUT2D eigenvalue weighted by Gasteiger charge is 2.29. The summed E-state index contributed by atoms with van der Waals surface area (Å²) >= 11 is 0. The summed E-state index contributed by atoms with van der Waals surface area (Å²) in [4.78, 5) is 12.0. The van der Waals surface area contributed by atoms with Crippen LogP contribution in [0, 0.1) is 6.92 Å². The molecule has 0 saturated carbocycles. The molecule has 2 N–H and O–H groups in total. The van der Waals surface area contributed by atoms with Gasteiger partial charge in [0.1, 0.15) is 5.75 Å². The number of nitrogens with one attached hydrogen (secondary N) is 2. The summed E-state index contributed by atoms with van der Waals surface area (Å²) in [6.45, 7) is 8.38. The van der Waals surface area contributed by atoms with Crippen molar-refractivity contribution in [3.05, 3.63) is 29.3 Å². The van der Waals surface area contributed by atoms with Crippen molar-refractivity contribution >= 4 is 5.91 Å². The van der Waals surface area contributed by atoms with Gasteiger partial charge in [0.15, 0.2) is 0 Å². The Balaban J connectivity index is 3.03. The smallest absolute Gasteiger partial charge is 0.244 e. The monoisotopic (exact) mass is 250 g/mol. The van der Waals surface area contributed by atoms with Gasteiger partial charge < -0.3 is 4.74 Å². The van der Waals surface area contributed by atoms with E-state index in [1.54, 1.807) is 7.05 Å². The first-order valence-corrected chi connectivity index (χ1v) is 6.14. The quantitative estimate of drug-likeness (QED) is 0.785. The van der Waals surface area contributed by atoms with Crippen LogP contribution in [0.15, 0.2) is 18.2 Å². The van der Waals surface area contributed by atoms with Crippen LogP contribution in [0.4, 0.5) is 0 Å². The van der Waals surface area contributed by atoms with Gasteiger partial charge in [0.25, 0.3) is 0 Å². The molecule has 4 nitrogen and oxygen atoms in total. The zero-order valence-corrected chi connectivity index (χ0v) is 11.8. The molecule has 0 heterocycles. The Bertz CT molecular complexity index is 428. The van der Waals surface area contributed by atoms with Crippen LogP contribution in [0.2, 0.25) is 0 Å². The van der Waals surface area contributed by atoms with E-state index in [2.05, 4.69) is 10.9 Å². The summed E-state index contributed by atoms with van der Waals surface area (Å²) in [6.07, 6.45) is 0. The third-order valence-corrected chi connectivity index (χ3v) is 3.00. The highest BCUT2D eigenvalue weighted by molar-refractivity contribution is 5.87. The van der Waals surface area contributed by atoms with Crippen LogP contribution < -0.4 is 15.6 Å². The Hall–Kier alpha value is -1.55. The van der Waals surface area contributed by atoms with Gasteiger partial charge >= 0.3 is 0 Å². The molecular formula is C14H22N2O2. The number of rotatable bonds is 5. The van der Waals surface area contributed by atoms with Crippen molar-refractivity contribution in [1.82, 2.24) is 10.9 Å². The molecule has 0 bridgehead atoms. The van der Waals surface area contributed by atoms with E-state index in [1.807, 2.05) is 45.9 Å². The number of aryl methyl sites for hydroxylation is 1. The van der Waals surface area contributed by atoms with Crippen molar-refractivity contribution in [2.75, 3.05) is 13.7 Å². The van der Waals surface area contributed by atoms with Gasteiger partial charge in [-0.3, -0.25) is 10.2 Å². The Labute approximate surface area is 109 Å². The molecule has 100 valence electrons. The first kappa shape index (κ1) is 14.5. The molecule has 1 amide bonds. The molecule has 4 heteroatoms. The minimum atomic E-state index is -0.585. The standard InChI is InChI=1S/C14H22N2O2/c1-6-18-12-8-7-11(9-10(12)2)14(3,4)13(17)16-15-5/h7-9,15H,6H2,1-5H3,(H,16,17). The van der Waals surface area contributed by atoms with Gasteiger partial charge in [-0.25, -0.2) is 5.43 Å². The van der Waals surface area contributed by atoms with E-state index in [4.69, 9.17) is 4.74 Å². The van der Waals surface area contributed by atoms with E-state index in [0.29, 0.717) is 6.61 Å². The first-order valence-electron chi connectivity index (χ1n) is 6.14. The number of hydrogen-bond donors (Lipinski definition) is 2. The molecule has 1 aromatic rings. The van der Waals surface area contributed by atoms with Gasteiger partial charge in [-0.15, -0.1) is 0 Å². The van der Waals surface area contributed by atoms with Crippen molar-refractivity contribution in [3.63, 3.8) is 0 Å². The molecule has 0 aromatic heterocycles. The molecule has 0 unspecified atom stereocenters. The second-order valence-electron chi connectivity index (χ2n) is 4.74. The minimum Gasteiger partial charge on any atom is -0.494 e. The predicted molar refractivity (Wildman–Crippen MR) is 72.6 cm³/mol. The molecule has 0 fully saturated rings. The van der Waals surface area contributed by atoms with Gasteiger partial charge in [0.2, 0.25) is 5.91 Å². The number of hydrazine groups is 1. The molecule has 0 saturated heterocycles. The highest BCUT2D eigenvalue weighted by atomic mass is 16.5. The van der Waals surface area contributed by atoms with Gasteiger partial charge in [-0.2, -0.15) is 0 Å². The lowest BCUT2D eigenvalue weighted by Crippen LogP contribution is -2.45. The Morgan fingerprint density at radius 2 is 2.06 bits per heavy atom. The van der Waals surface area contributed by atoms with Crippen LogP contribution in [-0.4, -0.2) is 19.6 Å². The van der Waals surface area contributed by atoms with E-state index in [1.165, 1.54) is 0 Å². The first-order chi connectivity index (χ1) is 8.43. The van der Waals surface area contributed by atoms with Crippen LogP contribution in [-0.2, 0) is 10.2 Å². The number of amides is 1. The largest absolute Gasteiger partial charge is 0.494 e. The van der Waals surface area contributed by atoms with E-state index in [0.717, 1.165) is 16.9 Å². The van der Waals surface area contributed by atoms with E-state index in [9.17, 15) is 4.79 Å². The number of ether oxygens (including phenoxy) is 1. The second kappa shape index (κ2) is 5.87. The summed E-state index contributed by atoms with van der Waals surface area (Å²) in [7, 11) is 1.68. The zero-order valence-electron chi connectivity index (χ0n) is 11.8. The van der Waals surface area contributed by atoms with Crippen molar-refractivity contribution in [3.8, 4) is 5.75 Å². The summed E-state index contributed by atoms with van der Waals surface area (Å²) in [6, 6.07) is 5.86. The third-order valence-electron chi connectivity index (χ3n) is 3.00. The maximum Gasteiger partial charge on any atom is 0.244 e. The summed E-state index contributed by atoms with van der Waals surface area (Å²) in [5, 5.41) is 0. The van der Waals surface area contributed by atoms with Crippen molar-refractivity contribution in [2.45, 2.75) is 33.1 Å². The Kier molecular flexibility index (Phi) is 4.73. The minimum absolute atomic E-state index is 0.0615. The van der Waals surface area contributed by atoms with Crippen LogP contribution >= 0.6 is 0 Å². The van der Waals surface area contributed by atoms with Crippen molar-refractivity contribution in [1.29, 1.82) is 0 Å². The molecule has 18 heavy (non-hydrogen) atoms. The number of benzene rings is 1. The van der Waals surface area contributed by atoms with Crippen LogP contribution in [0.1, 0.15) is 31.9 Å². The number of carbonyl (C=O) groups is 1. The fourth-order valence-electron chi connectivity index (χ4n) is 1.76. The molecule has 1 rings (SSSR count). The fourth-order valence-corrected chi connectivity index (χ4v) is 1.76.